The Morgan fingerprint density at radius 1 is 1.26 bits per heavy atom. The van der Waals surface area contributed by atoms with Crippen LogP contribution in [0, 0.1) is 11.8 Å². The third-order valence-corrected chi connectivity index (χ3v) is 4.61. The minimum Gasteiger partial charge on any atom is -0.481 e. The first kappa shape index (κ1) is 15.8. The standard InChI is InChI=1S/C17H21NO5/c19-16(20)14-7-9-22-15(14)13-6-8-18(10-13)17(21)23-11-12-4-2-1-3-5-12/h1-5,13-15H,6-11H2,(H,19,20). The van der Waals surface area contributed by atoms with Crippen molar-refractivity contribution < 1.29 is 24.2 Å². The lowest BCUT2D eigenvalue weighted by Gasteiger charge is -2.22. The van der Waals surface area contributed by atoms with Gasteiger partial charge in [0.2, 0.25) is 0 Å². The number of rotatable bonds is 4. The highest BCUT2D eigenvalue weighted by Crippen LogP contribution is 2.32. The fourth-order valence-corrected chi connectivity index (χ4v) is 3.37. The molecule has 6 nitrogen and oxygen atoms in total. The maximum absolute atomic E-state index is 12.1. The highest BCUT2D eigenvalue weighted by Gasteiger charge is 2.42. The summed E-state index contributed by atoms with van der Waals surface area (Å²) in [5.41, 5.74) is 0.946. The van der Waals surface area contributed by atoms with E-state index in [1.54, 1.807) is 4.90 Å². The Labute approximate surface area is 135 Å². The van der Waals surface area contributed by atoms with Crippen molar-refractivity contribution in [3.8, 4) is 0 Å². The molecule has 0 saturated carbocycles. The Kier molecular flexibility index (Phi) is 4.81. The van der Waals surface area contributed by atoms with Crippen molar-refractivity contribution >= 4 is 12.1 Å². The number of amides is 1. The number of ether oxygens (including phenoxy) is 2. The van der Waals surface area contributed by atoms with Crippen LogP contribution in [-0.2, 0) is 20.9 Å². The van der Waals surface area contributed by atoms with E-state index in [-0.39, 0.29) is 24.7 Å². The van der Waals surface area contributed by atoms with Gasteiger partial charge in [-0.15, -0.1) is 0 Å². The molecule has 1 aromatic rings. The van der Waals surface area contributed by atoms with Gasteiger partial charge in [-0.25, -0.2) is 4.79 Å². The molecule has 124 valence electrons. The van der Waals surface area contributed by atoms with Crippen LogP contribution >= 0.6 is 0 Å². The van der Waals surface area contributed by atoms with Gasteiger partial charge >= 0.3 is 12.1 Å². The summed E-state index contributed by atoms with van der Waals surface area (Å²) in [4.78, 5) is 25.0. The summed E-state index contributed by atoms with van der Waals surface area (Å²) >= 11 is 0. The molecule has 0 aliphatic carbocycles. The van der Waals surface area contributed by atoms with Gasteiger partial charge in [-0.1, -0.05) is 30.3 Å². The van der Waals surface area contributed by atoms with Crippen molar-refractivity contribution in [1.82, 2.24) is 4.90 Å². The summed E-state index contributed by atoms with van der Waals surface area (Å²) in [7, 11) is 0. The Morgan fingerprint density at radius 3 is 2.78 bits per heavy atom. The number of hydrogen-bond donors (Lipinski definition) is 1. The van der Waals surface area contributed by atoms with Crippen molar-refractivity contribution in [2.75, 3.05) is 19.7 Å². The molecule has 2 aliphatic heterocycles. The summed E-state index contributed by atoms with van der Waals surface area (Å²) in [5.74, 6) is -1.19. The normalized spacial score (nSPS) is 27.1. The second-order valence-electron chi connectivity index (χ2n) is 6.10. The van der Waals surface area contributed by atoms with E-state index >= 15 is 0 Å². The number of aliphatic carboxylic acids is 1. The van der Waals surface area contributed by atoms with E-state index in [1.165, 1.54) is 0 Å². The second-order valence-corrected chi connectivity index (χ2v) is 6.10. The maximum Gasteiger partial charge on any atom is 0.410 e. The zero-order valence-corrected chi connectivity index (χ0v) is 12.9. The second kappa shape index (κ2) is 7.00. The third-order valence-electron chi connectivity index (χ3n) is 4.61. The van der Waals surface area contributed by atoms with Crippen LogP contribution in [0.25, 0.3) is 0 Å². The number of carboxylic acid groups (broad SMARTS) is 1. The molecule has 23 heavy (non-hydrogen) atoms. The number of carbonyl (C=O) groups is 2. The van der Waals surface area contributed by atoms with E-state index in [2.05, 4.69) is 0 Å². The molecule has 1 amide bonds. The zero-order valence-electron chi connectivity index (χ0n) is 12.9. The first-order valence-electron chi connectivity index (χ1n) is 7.95. The van der Waals surface area contributed by atoms with Crippen LogP contribution in [0.2, 0.25) is 0 Å². The lowest BCUT2D eigenvalue weighted by Crippen LogP contribution is -2.35. The van der Waals surface area contributed by atoms with Gasteiger partial charge in [-0.2, -0.15) is 0 Å². The molecule has 2 saturated heterocycles. The minimum atomic E-state index is -0.808. The van der Waals surface area contributed by atoms with Crippen LogP contribution in [0.3, 0.4) is 0 Å². The van der Waals surface area contributed by atoms with Gasteiger partial charge in [0.25, 0.3) is 0 Å². The van der Waals surface area contributed by atoms with Gasteiger partial charge in [-0.3, -0.25) is 4.79 Å². The number of benzene rings is 1. The zero-order chi connectivity index (χ0) is 16.2. The fourth-order valence-electron chi connectivity index (χ4n) is 3.37. The van der Waals surface area contributed by atoms with Crippen molar-refractivity contribution in [2.45, 2.75) is 25.6 Å². The number of carboxylic acids is 1. The highest BCUT2D eigenvalue weighted by molar-refractivity contribution is 5.71. The van der Waals surface area contributed by atoms with Crippen LogP contribution in [-0.4, -0.2) is 47.9 Å². The molecule has 0 aromatic heterocycles. The molecule has 6 heteroatoms. The summed E-state index contributed by atoms with van der Waals surface area (Å²) < 4.78 is 10.9. The van der Waals surface area contributed by atoms with Crippen molar-refractivity contribution in [1.29, 1.82) is 0 Å². The first-order valence-corrected chi connectivity index (χ1v) is 7.95. The molecule has 2 fully saturated rings. The Balaban J connectivity index is 1.51. The predicted molar refractivity (Wildman–Crippen MR) is 81.8 cm³/mol. The molecule has 3 atom stereocenters. The monoisotopic (exact) mass is 319 g/mol. The van der Waals surface area contributed by atoms with E-state index < -0.39 is 11.9 Å². The quantitative estimate of drug-likeness (QED) is 0.920. The summed E-state index contributed by atoms with van der Waals surface area (Å²) in [6.45, 7) is 1.82. The Morgan fingerprint density at radius 2 is 2.04 bits per heavy atom. The van der Waals surface area contributed by atoms with E-state index in [9.17, 15) is 14.7 Å². The van der Waals surface area contributed by atoms with Crippen LogP contribution in [0.5, 0.6) is 0 Å². The van der Waals surface area contributed by atoms with Gasteiger partial charge < -0.3 is 19.5 Å². The number of likely N-dealkylation sites (tertiary alicyclic amines) is 1. The molecule has 3 unspecified atom stereocenters. The summed E-state index contributed by atoms with van der Waals surface area (Å²) in [6, 6.07) is 9.53. The smallest absolute Gasteiger partial charge is 0.410 e. The molecule has 2 heterocycles. The van der Waals surface area contributed by atoms with Crippen LogP contribution in [0.15, 0.2) is 30.3 Å². The van der Waals surface area contributed by atoms with E-state index in [0.29, 0.717) is 26.1 Å². The number of nitrogens with zero attached hydrogens (tertiary/aromatic N) is 1. The SMILES string of the molecule is O=C(O)C1CCOC1C1CCN(C(=O)OCc2ccccc2)C1. The fraction of sp³-hybridized carbons (Fsp3) is 0.529. The van der Waals surface area contributed by atoms with E-state index in [1.807, 2.05) is 30.3 Å². The van der Waals surface area contributed by atoms with Crippen molar-refractivity contribution in [3.05, 3.63) is 35.9 Å². The molecule has 1 aromatic carbocycles. The largest absolute Gasteiger partial charge is 0.481 e. The molecule has 2 aliphatic rings. The topological polar surface area (TPSA) is 76.1 Å². The van der Waals surface area contributed by atoms with Gasteiger partial charge in [0.15, 0.2) is 0 Å². The van der Waals surface area contributed by atoms with Gasteiger partial charge in [0, 0.05) is 25.6 Å². The molecule has 0 radical (unpaired) electrons. The minimum absolute atomic E-state index is 0.0721. The van der Waals surface area contributed by atoms with Crippen LogP contribution in [0.1, 0.15) is 18.4 Å². The van der Waals surface area contributed by atoms with Gasteiger partial charge in [0.1, 0.15) is 6.61 Å². The maximum atomic E-state index is 12.1. The van der Waals surface area contributed by atoms with Gasteiger partial charge in [-0.05, 0) is 18.4 Å². The average molecular weight is 319 g/mol. The third kappa shape index (κ3) is 3.64. The molecular formula is C17H21NO5. The van der Waals surface area contributed by atoms with Crippen molar-refractivity contribution in [3.63, 3.8) is 0 Å². The average Bonchev–Trinajstić information content (AvgIpc) is 3.22. The lowest BCUT2D eigenvalue weighted by atomic mass is 9.90. The predicted octanol–water partition coefficient (Wildman–Crippen LogP) is 2.13. The van der Waals surface area contributed by atoms with Gasteiger partial charge in [0.05, 0.1) is 12.0 Å². The Bertz CT molecular complexity index is 561. The molecule has 3 rings (SSSR count). The lowest BCUT2D eigenvalue weighted by molar-refractivity contribution is -0.144. The molecule has 0 bridgehead atoms. The number of carbonyl (C=O) groups excluding carboxylic acids is 1. The highest BCUT2D eigenvalue weighted by atomic mass is 16.6. The van der Waals surface area contributed by atoms with Crippen LogP contribution in [0.4, 0.5) is 4.79 Å². The molecular weight excluding hydrogens is 298 g/mol. The molecule has 0 spiro atoms. The van der Waals surface area contributed by atoms with Crippen LogP contribution < -0.4 is 0 Å². The van der Waals surface area contributed by atoms with E-state index in [4.69, 9.17) is 9.47 Å². The number of hydrogen-bond acceptors (Lipinski definition) is 4. The summed E-state index contributed by atoms with van der Waals surface area (Å²) in [5, 5.41) is 9.24. The van der Waals surface area contributed by atoms with E-state index in [0.717, 1.165) is 12.0 Å². The molecule has 1 N–H and O–H groups in total. The first-order chi connectivity index (χ1) is 11.1. The summed E-state index contributed by atoms with van der Waals surface area (Å²) in [6.07, 6.45) is 0.671. The Hall–Kier alpha value is -2.08. The van der Waals surface area contributed by atoms with Crippen molar-refractivity contribution in [2.24, 2.45) is 11.8 Å².